The summed E-state index contributed by atoms with van der Waals surface area (Å²) in [4.78, 5) is 30.8. The van der Waals surface area contributed by atoms with Gasteiger partial charge in [-0.1, -0.05) is 22.9 Å². The number of ether oxygens (including phenoxy) is 1. The molecule has 1 aliphatic rings. The van der Waals surface area contributed by atoms with Crippen LogP contribution in [-0.2, 0) is 4.74 Å². The van der Waals surface area contributed by atoms with Gasteiger partial charge in [0.2, 0.25) is 0 Å². The summed E-state index contributed by atoms with van der Waals surface area (Å²) in [6.45, 7) is 3.73. The second kappa shape index (κ2) is 7.87. The van der Waals surface area contributed by atoms with E-state index in [-0.39, 0.29) is 11.7 Å². The Kier molecular flexibility index (Phi) is 5.30. The molecule has 1 N–H and O–H groups in total. The van der Waals surface area contributed by atoms with Crippen LogP contribution in [0.15, 0.2) is 36.4 Å². The number of anilines is 2. The molecule has 1 aliphatic heterocycles. The number of nitrogens with one attached hydrogen (secondary N) is 1. The van der Waals surface area contributed by atoms with Gasteiger partial charge in [0.15, 0.2) is 10.9 Å². The molecule has 4 rings (SSSR count). The summed E-state index contributed by atoms with van der Waals surface area (Å²) >= 11 is 7.68. The summed E-state index contributed by atoms with van der Waals surface area (Å²) in [6, 6.07) is 10.7. The van der Waals surface area contributed by atoms with Crippen molar-refractivity contribution in [1.82, 2.24) is 9.88 Å². The van der Waals surface area contributed by atoms with E-state index in [1.54, 1.807) is 23.1 Å². The minimum Gasteiger partial charge on any atom is -0.378 e. The minimum absolute atomic E-state index is 0.0208. The van der Waals surface area contributed by atoms with Crippen molar-refractivity contribution in [2.45, 2.75) is 6.92 Å². The molecule has 3 aromatic rings. The van der Waals surface area contributed by atoms with E-state index in [1.807, 2.05) is 18.2 Å². The Hall–Kier alpha value is -2.48. The van der Waals surface area contributed by atoms with Crippen LogP contribution in [0.3, 0.4) is 0 Å². The van der Waals surface area contributed by atoms with E-state index in [0.717, 1.165) is 10.4 Å². The molecule has 0 saturated carbocycles. The van der Waals surface area contributed by atoms with Crippen LogP contribution >= 0.6 is 22.9 Å². The zero-order valence-electron chi connectivity index (χ0n) is 15.2. The minimum atomic E-state index is -0.0848. The van der Waals surface area contributed by atoms with Crippen LogP contribution in [0.5, 0.6) is 0 Å². The summed E-state index contributed by atoms with van der Waals surface area (Å²) in [5.41, 5.74) is 2.60. The molecule has 144 valence electrons. The number of ketones is 1. The molecule has 0 unspecified atom stereocenters. The number of Topliss-reactive ketones (excluding diaryl/α,β-unsaturated/α-hetero) is 1. The summed E-state index contributed by atoms with van der Waals surface area (Å²) in [5, 5.41) is 4.39. The molecule has 2 heterocycles. The van der Waals surface area contributed by atoms with Gasteiger partial charge in [-0.15, -0.1) is 0 Å². The maximum atomic E-state index is 13.0. The maximum Gasteiger partial charge on any atom is 0.256 e. The standard InChI is InChI=1S/C20H18ClN3O3S/c1-12(25)13-2-4-15(5-3-13)22-20-23-18-16(10-14(21)11-17(18)28-20)19(26)24-6-8-27-9-7-24/h2-5,10-11H,6-9H2,1H3,(H,22,23). The molecule has 28 heavy (non-hydrogen) atoms. The van der Waals surface area contributed by atoms with E-state index < -0.39 is 0 Å². The lowest BCUT2D eigenvalue weighted by Crippen LogP contribution is -2.40. The van der Waals surface area contributed by atoms with Crippen LogP contribution in [0, 0.1) is 0 Å². The van der Waals surface area contributed by atoms with Gasteiger partial charge in [0.05, 0.1) is 29.0 Å². The highest BCUT2D eigenvalue weighted by atomic mass is 35.5. The number of aromatic nitrogens is 1. The average molecular weight is 416 g/mol. The Morgan fingerprint density at radius 2 is 1.89 bits per heavy atom. The summed E-state index contributed by atoms with van der Waals surface area (Å²) < 4.78 is 6.17. The third-order valence-corrected chi connectivity index (χ3v) is 5.67. The van der Waals surface area contributed by atoms with Gasteiger partial charge in [-0.25, -0.2) is 4.98 Å². The highest BCUT2D eigenvalue weighted by molar-refractivity contribution is 7.22. The van der Waals surface area contributed by atoms with Crippen LogP contribution in [0.1, 0.15) is 27.6 Å². The highest BCUT2D eigenvalue weighted by Crippen LogP contribution is 2.33. The number of amides is 1. The summed E-state index contributed by atoms with van der Waals surface area (Å²) in [5.74, 6) is -0.0640. The van der Waals surface area contributed by atoms with Gasteiger partial charge in [0, 0.05) is 29.4 Å². The van der Waals surface area contributed by atoms with Crippen molar-refractivity contribution in [3.05, 3.63) is 52.5 Å². The fraction of sp³-hybridized carbons (Fsp3) is 0.250. The number of carbonyl (C=O) groups excluding carboxylic acids is 2. The molecule has 0 aliphatic carbocycles. The largest absolute Gasteiger partial charge is 0.378 e. The molecule has 1 saturated heterocycles. The van der Waals surface area contributed by atoms with Gasteiger partial charge < -0.3 is 15.0 Å². The third kappa shape index (κ3) is 3.87. The third-order valence-electron chi connectivity index (χ3n) is 4.53. The van der Waals surface area contributed by atoms with Crippen molar-refractivity contribution in [3.8, 4) is 0 Å². The van der Waals surface area contributed by atoms with Gasteiger partial charge in [0.25, 0.3) is 5.91 Å². The number of fused-ring (bicyclic) bond motifs is 1. The van der Waals surface area contributed by atoms with Crippen LogP contribution in [-0.4, -0.2) is 47.9 Å². The van der Waals surface area contributed by atoms with E-state index in [2.05, 4.69) is 10.3 Å². The van der Waals surface area contributed by atoms with Crippen LogP contribution in [0.25, 0.3) is 10.2 Å². The van der Waals surface area contributed by atoms with E-state index in [1.165, 1.54) is 18.3 Å². The van der Waals surface area contributed by atoms with E-state index >= 15 is 0 Å². The Morgan fingerprint density at radius 3 is 2.57 bits per heavy atom. The molecule has 2 aromatic carbocycles. The lowest BCUT2D eigenvalue weighted by atomic mass is 10.1. The van der Waals surface area contributed by atoms with Crippen molar-refractivity contribution < 1.29 is 14.3 Å². The summed E-state index contributed by atoms with van der Waals surface area (Å²) in [7, 11) is 0. The quantitative estimate of drug-likeness (QED) is 0.640. The van der Waals surface area contributed by atoms with Crippen molar-refractivity contribution in [2.24, 2.45) is 0 Å². The fourth-order valence-corrected chi connectivity index (χ4v) is 4.30. The van der Waals surface area contributed by atoms with Crippen molar-refractivity contribution >= 4 is 55.7 Å². The number of thiazole rings is 1. The molecule has 6 nitrogen and oxygen atoms in total. The predicted molar refractivity (Wildman–Crippen MR) is 111 cm³/mol. The zero-order chi connectivity index (χ0) is 19.7. The SMILES string of the molecule is CC(=O)c1ccc(Nc2nc3c(C(=O)N4CCOCC4)cc(Cl)cc3s2)cc1. The second-order valence-electron chi connectivity index (χ2n) is 6.48. The summed E-state index contributed by atoms with van der Waals surface area (Å²) in [6.07, 6.45) is 0. The normalized spacial score (nSPS) is 14.3. The fourth-order valence-electron chi connectivity index (χ4n) is 3.06. The second-order valence-corrected chi connectivity index (χ2v) is 7.95. The lowest BCUT2D eigenvalue weighted by Gasteiger charge is -2.27. The Bertz CT molecular complexity index is 1040. The van der Waals surface area contributed by atoms with Gasteiger partial charge in [0.1, 0.15) is 0 Å². The molecular weight excluding hydrogens is 398 g/mol. The molecule has 1 fully saturated rings. The molecule has 0 spiro atoms. The predicted octanol–water partition coefficient (Wildman–Crippen LogP) is 4.37. The monoisotopic (exact) mass is 415 g/mol. The first-order chi connectivity index (χ1) is 13.5. The number of hydrogen-bond donors (Lipinski definition) is 1. The van der Waals surface area contributed by atoms with Crippen molar-refractivity contribution in [2.75, 3.05) is 31.6 Å². The highest BCUT2D eigenvalue weighted by Gasteiger charge is 2.23. The van der Waals surface area contributed by atoms with Crippen molar-refractivity contribution in [1.29, 1.82) is 0 Å². The molecule has 1 amide bonds. The number of rotatable bonds is 4. The van der Waals surface area contributed by atoms with E-state index in [0.29, 0.717) is 53.1 Å². The Labute approximate surface area is 171 Å². The van der Waals surface area contributed by atoms with Crippen LogP contribution < -0.4 is 5.32 Å². The number of nitrogens with zero attached hydrogens (tertiary/aromatic N) is 2. The number of halogens is 1. The van der Waals surface area contributed by atoms with E-state index in [4.69, 9.17) is 16.3 Å². The molecule has 8 heteroatoms. The molecule has 0 radical (unpaired) electrons. The van der Waals surface area contributed by atoms with Gasteiger partial charge in [-0.05, 0) is 43.3 Å². The average Bonchev–Trinajstić information content (AvgIpc) is 3.10. The molecule has 0 bridgehead atoms. The molecular formula is C20H18ClN3O3S. The first kappa shape index (κ1) is 18.9. The zero-order valence-corrected chi connectivity index (χ0v) is 16.8. The van der Waals surface area contributed by atoms with E-state index in [9.17, 15) is 9.59 Å². The molecule has 1 aromatic heterocycles. The maximum absolute atomic E-state index is 13.0. The van der Waals surface area contributed by atoms with Gasteiger partial charge in [-0.3, -0.25) is 9.59 Å². The number of morpholine rings is 1. The first-order valence-corrected chi connectivity index (χ1v) is 10.1. The topological polar surface area (TPSA) is 71.5 Å². The first-order valence-electron chi connectivity index (χ1n) is 8.86. The van der Waals surface area contributed by atoms with Gasteiger partial charge in [-0.2, -0.15) is 0 Å². The van der Waals surface area contributed by atoms with Crippen LogP contribution in [0.4, 0.5) is 10.8 Å². The number of benzene rings is 2. The van der Waals surface area contributed by atoms with Crippen LogP contribution in [0.2, 0.25) is 5.02 Å². The Morgan fingerprint density at radius 1 is 1.18 bits per heavy atom. The molecule has 0 atom stereocenters. The Balaban J connectivity index is 1.64. The smallest absolute Gasteiger partial charge is 0.256 e. The van der Waals surface area contributed by atoms with Gasteiger partial charge >= 0.3 is 0 Å². The number of hydrogen-bond acceptors (Lipinski definition) is 6. The lowest BCUT2D eigenvalue weighted by molar-refractivity contribution is 0.0304. The van der Waals surface area contributed by atoms with Crippen molar-refractivity contribution in [3.63, 3.8) is 0 Å². The number of carbonyl (C=O) groups is 2.